The van der Waals surface area contributed by atoms with Crippen LogP contribution in [0.5, 0.6) is 0 Å². The van der Waals surface area contributed by atoms with Crippen LogP contribution >= 0.6 is 11.3 Å². The normalized spacial score (nSPS) is 20.4. The van der Waals surface area contributed by atoms with Crippen LogP contribution in [0.1, 0.15) is 18.4 Å². The molecule has 31 heavy (non-hydrogen) atoms. The third kappa shape index (κ3) is 4.43. The SMILES string of the molecule is O=C(C1CCCN(c2nc3c(F)cccc3s2)C1)N1CCN(Cc2ccccc2)CC1. The first-order chi connectivity index (χ1) is 15.2. The predicted molar refractivity (Wildman–Crippen MR) is 123 cm³/mol. The number of aromatic nitrogens is 1. The van der Waals surface area contributed by atoms with E-state index in [0.717, 1.165) is 61.9 Å². The Morgan fingerprint density at radius 1 is 1.03 bits per heavy atom. The lowest BCUT2D eigenvalue weighted by atomic mass is 9.96. The number of carbonyl (C=O) groups is 1. The fourth-order valence-corrected chi connectivity index (χ4v) is 5.63. The number of thiazole rings is 1. The molecule has 3 heterocycles. The number of para-hydroxylation sites is 1. The molecular weight excluding hydrogens is 411 g/mol. The number of benzene rings is 2. The van der Waals surface area contributed by atoms with Gasteiger partial charge in [-0.2, -0.15) is 0 Å². The Morgan fingerprint density at radius 3 is 2.61 bits per heavy atom. The summed E-state index contributed by atoms with van der Waals surface area (Å²) in [6.45, 7) is 5.88. The van der Waals surface area contributed by atoms with Gasteiger partial charge in [-0.25, -0.2) is 9.37 Å². The molecule has 1 aromatic heterocycles. The molecule has 3 aromatic rings. The minimum Gasteiger partial charge on any atom is -0.347 e. The summed E-state index contributed by atoms with van der Waals surface area (Å²) in [5.41, 5.74) is 1.75. The molecule has 5 nitrogen and oxygen atoms in total. The van der Waals surface area contributed by atoms with Crippen molar-refractivity contribution in [2.45, 2.75) is 19.4 Å². The molecule has 0 spiro atoms. The lowest BCUT2D eigenvalue weighted by Crippen LogP contribution is -2.52. The monoisotopic (exact) mass is 438 g/mol. The molecule has 0 bridgehead atoms. The maximum atomic E-state index is 14.0. The van der Waals surface area contributed by atoms with Crippen molar-refractivity contribution in [2.24, 2.45) is 5.92 Å². The van der Waals surface area contributed by atoms with Crippen molar-refractivity contribution < 1.29 is 9.18 Å². The third-order valence-electron chi connectivity index (χ3n) is 6.33. The zero-order valence-corrected chi connectivity index (χ0v) is 18.4. The lowest BCUT2D eigenvalue weighted by molar-refractivity contribution is -0.137. The molecule has 1 amide bonds. The number of piperidine rings is 1. The van der Waals surface area contributed by atoms with Crippen LogP contribution in [-0.4, -0.2) is 60.0 Å². The van der Waals surface area contributed by atoms with Crippen molar-refractivity contribution in [1.29, 1.82) is 0 Å². The molecule has 0 aliphatic carbocycles. The van der Waals surface area contributed by atoms with E-state index in [1.807, 2.05) is 17.0 Å². The number of anilines is 1. The largest absolute Gasteiger partial charge is 0.347 e. The first-order valence-electron chi connectivity index (χ1n) is 11.0. The molecule has 5 rings (SSSR count). The van der Waals surface area contributed by atoms with E-state index in [0.29, 0.717) is 12.1 Å². The Bertz CT molecular complexity index is 1050. The maximum absolute atomic E-state index is 14.0. The van der Waals surface area contributed by atoms with Gasteiger partial charge in [-0.3, -0.25) is 9.69 Å². The van der Waals surface area contributed by atoms with Crippen LogP contribution < -0.4 is 4.90 Å². The number of nitrogens with zero attached hydrogens (tertiary/aromatic N) is 4. The van der Waals surface area contributed by atoms with Gasteiger partial charge in [0.25, 0.3) is 0 Å². The van der Waals surface area contributed by atoms with Crippen LogP contribution in [-0.2, 0) is 11.3 Å². The molecule has 2 aliphatic rings. The van der Waals surface area contributed by atoms with Crippen LogP contribution in [0.3, 0.4) is 0 Å². The zero-order valence-electron chi connectivity index (χ0n) is 17.5. The Kier molecular flexibility index (Phi) is 5.87. The number of fused-ring (bicyclic) bond motifs is 1. The number of hydrogen-bond acceptors (Lipinski definition) is 5. The summed E-state index contributed by atoms with van der Waals surface area (Å²) in [4.78, 5) is 24.4. The molecule has 2 aliphatic heterocycles. The second-order valence-electron chi connectivity index (χ2n) is 8.46. The molecule has 0 N–H and O–H groups in total. The number of amides is 1. The maximum Gasteiger partial charge on any atom is 0.227 e. The van der Waals surface area contributed by atoms with E-state index in [1.165, 1.54) is 23.0 Å². The van der Waals surface area contributed by atoms with Crippen molar-refractivity contribution in [3.63, 3.8) is 0 Å². The first kappa shape index (κ1) is 20.4. The Hall–Kier alpha value is -2.51. The fourth-order valence-electron chi connectivity index (χ4n) is 4.62. The minimum absolute atomic E-state index is 0.00807. The van der Waals surface area contributed by atoms with E-state index in [9.17, 15) is 9.18 Å². The van der Waals surface area contributed by atoms with Gasteiger partial charge in [0, 0.05) is 45.8 Å². The van der Waals surface area contributed by atoms with E-state index in [4.69, 9.17) is 0 Å². The van der Waals surface area contributed by atoms with Gasteiger partial charge < -0.3 is 9.80 Å². The van der Waals surface area contributed by atoms with Crippen LogP contribution in [0.2, 0.25) is 0 Å². The molecule has 2 saturated heterocycles. The van der Waals surface area contributed by atoms with Gasteiger partial charge in [-0.1, -0.05) is 47.7 Å². The van der Waals surface area contributed by atoms with Gasteiger partial charge in [-0.15, -0.1) is 0 Å². The van der Waals surface area contributed by atoms with Gasteiger partial charge in [0.15, 0.2) is 5.13 Å². The lowest BCUT2D eigenvalue weighted by Gasteiger charge is -2.39. The van der Waals surface area contributed by atoms with E-state index in [2.05, 4.69) is 39.0 Å². The van der Waals surface area contributed by atoms with Gasteiger partial charge >= 0.3 is 0 Å². The average molecular weight is 439 g/mol. The van der Waals surface area contributed by atoms with E-state index in [1.54, 1.807) is 6.07 Å². The number of hydrogen-bond donors (Lipinski definition) is 0. The summed E-state index contributed by atoms with van der Waals surface area (Å²) >= 11 is 1.51. The standard InChI is InChI=1S/C24H27FN4OS/c25-20-9-4-10-21-22(20)26-24(31-21)29-11-5-8-19(17-29)23(30)28-14-12-27(13-15-28)16-18-6-2-1-3-7-18/h1-4,6-7,9-10,19H,5,8,11-17H2. The highest BCUT2D eigenvalue weighted by Crippen LogP contribution is 2.33. The zero-order chi connectivity index (χ0) is 21.2. The second-order valence-corrected chi connectivity index (χ2v) is 9.46. The number of carbonyl (C=O) groups excluding carboxylic acids is 1. The molecule has 0 radical (unpaired) electrons. The summed E-state index contributed by atoms with van der Waals surface area (Å²) in [6, 6.07) is 15.6. The Balaban J connectivity index is 1.19. The van der Waals surface area contributed by atoms with E-state index >= 15 is 0 Å². The smallest absolute Gasteiger partial charge is 0.227 e. The topological polar surface area (TPSA) is 39.7 Å². The Labute approximate surface area is 186 Å². The van der Waals surface area contributed by atoms with Gasteiger partial charge in [0.05, 0.1) is 10.6 Å². The predicted octanol–water partition coefficient (Wildman–Crippen LogP) is 4.00. The fraction of sp³-hybridized carbons (Fsp3) is 0.417. The minimum atomic E-state index is -0.280. The van der Waals surface area contributed by atoms with Gasteiger partial charge in [0.2, 0.25) is 5.91 Å². The summed E-state index contributed by atoms with van der Waals surface area (Å²) in [5.74, 6) is -0.0272. The average Bonchev–Trinajstić information content (AvgIpc) is 3.26. The third-order valence-corrected chi connectivity index (χ3v) is 7.41. The molecule has 7 heteroatoms. The summed E-state index contributed by atoms with van der Waals surface area (Å²) in [5, 5.41) is 0.824. The number of rotatable bonds is 4. The number of halogens is 1. The van der Waals surface area contributed by atoms with E-state index in [-0.39, 0.29) is 17.6 Å². The summed E-state index contributed by atoms with van der Waals surface area (Å²) in [7, 11) is 0. The van der Waals surface area contributed by atoms with Crippen LogP contribution in [0.25, 0.3) is 10.2 Å². The van der Waals surface area contributed by atoms with Crippen molar-refractivity contribution in [3.05, 3.63) is 59.9 Å². The highest BCUT2D eigenvalue weighted by atomic mass is 32.1. The molecule has 1 unspecified atom stereocenters. The first-order valence-corrected chi connectivity index (χ1v) is 11.8. The summed E-state index contributed by atoms with van der Waals surface area (Å²) in [6.07, 6.45) is 1.88. The molecular formula is C24H27FN4OS. The molecule has 162 valence electrons. The van der Waals surface area contributed by atoms with Crippen molar-refractivity contribution in [1.82, 2.24) is 14.8 Å². The van der Waals surface area contributed by atoms with Crippen LogP contribution in [0.4, 0.5) is 9.52 Å². The van der Waals surface area contributed by atoms with Crippen molar-refractivity contribution in [3.8, 4) is 0 Å². The highest BCUT2D eigenvalue weighted by Gasteiger charge is 2.32. The van der Waals surface area contributed by atoms with Crippen LogP contribution in [0.15, 0.2) is 48.5 Å². The van der Waals surface area contributed by atoms with Crippen molar-refractivity contribution >= 4 is 32.6 Å². The highest BCUT2D eigenvalue weighted by molar-refractivity contribution is 7.22. The molecule has 1 atom stereocenters. The van der Waals surface area contributed by atoms with Gasteiger partial charge in [-0.05, 0) is 30.5 Å². The number of piperazine rings is 1. The molecule has 2 aromatic carbocycles. The molecule has 0 saturated carbocycles. The quantitative estimate of drug-likeness (QED) is 0.617. The summed E-state index contributed by atoms with van der Waals surface area (Å²) < 4.78 is 14.9. The van der Waals surface area contributed by atoms with Gasteiger partial charge in [0.1, 0.15) is 11.3 Å². The van der Waals surface area contributed by atoms with Crippen molar-refractivity contribution in [2.75, 3.05) is 44.2 Å². The Morgan fingerprint density at radius 2 is 1.84 bits per heavy atom. The molecule has 2 fully saturated rings. The second kappa shape index (κ2) is 8.93. The van der Waals surface area contributed by atoms with Crippen LogP contribution in [0, 0.1) is 11.7 Å². The van der Waals surface area contributed by atoms with E-state index < -0.39 is 0 Å².